The Bertz CT molecular complexity index is 409. The van der Waals surface area contributed by atoms with Gasteiger partial charge in [-0.3, -0.25) is 4.90 Å². The molecule has 108 valence electrons. The fourth-order valence-corrected chi connectivity index (χ4v) is 2.40. The van der Waals surface area contributed by atoms with E-state index in [0.717, 1.165) is 17.0 Å². The van der Waals surface area contributed by atoms with Crippen LogP contribution in [0.3, 0.4) is 0 Å². The first-order valence-electron chi connectivity index (χ1n) is 6.69. The zero-order valence-electron chi connectivity index (χ0n) is 12.2. The summed E-state index contributed by atoms with van der Waals surface area (Å²) in [7, 11) is 1.99. The molecule has 1 aromatic rings. The summed E-state index contributed by atoms with van der Waals surface area (Å²) >= 11 is 6.31. The van der Waals surface area contributed by atoms with Gasteiger partial charge in [0.05, 0.1) is 12.6 Å². The van der Waals surface area contributed by atoms with Gasteiger partial charge in [-0.15, -0.1) is 0 Å². The van der Waals surface area contributed by atoms with Gasteiger partial charge in [-0.2, -0.15) is 0 Å². The van der Waals surface area contributed by atoms with E-state index in [2.05, 4.69) is 11.8 Å². The van der Waals surface area contributed by atoms with E-state index in [1.807, 2.05) is 45.2 Å². The third kappa shape index (κ3) is 3.69. The van der Waals surface area contributed by atoms with Gasteiger partial charge in [-0.25, -0.2) is 0 Å². The van der Waals surface area contributed by atoms with Gasteiger partial charge in [0, 0.05) is 16.6 Å². The first-order valence-corrected chi connectivity index (χ1v) is 7.06. The lowest BCUT2D eigenvalue weighted by molar-refractivity contribution is 0.0345. The van der Waals surface area contributed by atoms with Gasteiger partial charge in [0.25, 0.3) is 0 Å². The van der Waals surface area contributed by atoms with Crippen molar-refractivity contribution in [2.24, 2.45) is 5.73 Å². The zero-order valence-corrected chi connectivity index (χ0v) is 13.0. The molecular weight excluding hydrogens is 260 g/mol. The number of likely N-dealkylation sites (N-methyl/N-ethyl adjacent to an activating group) is 1. The summed E-state index contributed by atoms with van der Waals surface area (Å²) in [4.78, 5) is 2.11. The minimum Gasteiger partial charge on any atom is -0.394 e. The topological polar surface area (TPSA) is 49.5 Å². The molecule has 1 rings (SSSR count). The SMILES string of the molecule is CCC(N)C(c1ccccc1Cl)N(C)C(C)(C)CO. The van der Waals surface area contributed by atoms with Crippen LogP contribution in [0.1, 0.15) is 38.8 Å². The number of rotatable bonds is 6. The molecule has 2 unspecified atom stereocenters. The lowest BCUT2D eigenvalue weighted by atomic mass is 9.92. The van der Waals surface area contributed by atoms with Crippen molar-refractivity contribution in [1.29, 1.82) is 0 Å². The highest BCUT2D eigenvalue weighted by Gasteiger charge is 2.33. The molecule has 0 amide bonds. The van der Waals surface area contributed by atoms with Gasteiger partial charge in [0.15, 0.2) is 0 Å². The van der Waals surface area contributed by atoms with Crippen LogP contribution in [0.25, 0.3) is 0 Å². The highest BCUT2D eigenvalue weighted by molar-refractivity contribution is 6.31. The van der Waals surface area contributed by atoms with Crippen LogP contribution in [-0.2, 0) is 0 Å². The van der Waals surface area contributed by atoms with Crippen molar-refractivity contribution < 1.29 is 5.11 Å². The van der Waals surface area contributed by atoms with Crippen LogP contribution in [0.5, 0.6) is 0 Å². The van der Waals surface area contributed by atoms with E-state index in [9.17, 15) is 5.11 Å². The molecule has 0 saturated carbocycles. The Labute approximate surface area is 121 Å². The third-order valence-corrected chi connectivity index (χ3v) is 4.20. The summed E-state index contributed by atoms with van der Waals surface area (Å²) in [6, 6.07) is 7.73. The van der Waals surface area contributed by atoms with Crippen LogP contribution in [0, 0.1) is 0 Å². The van der Waals surface area contributed by atoms with E-state index in [-0.39, 0.29) is 24.2 Å². The standard InChI is InChI=1S/C15H25ClN2O/c1-5-13(17)14(18(4)15(2,3)10-19)11-8-6-7-9-12(11)16/h6-9,13-14,19H,5,10,17H2,1-4H3. The highest BCUT2D eigenvalue weighted by atomic mass is 35.5. The van der Waals surface area contributed by atoms with Crippen molar-refractivity contribution in [3.05, 3.63) is 34.9 Å². The van der Waals surface area contributed by atoms with Crippen molar-refractivity contribution in [1.82, 2.24) is 4.90 Å². The second-order valence-electron chi connectivity index (χ2n) is 5.62. The molecule has 0 fully saturated rings. The van der Waals surface area contributed by atoms with E-state index < -0.39 is 0 Å². The second-order valence-corrected chi connectivity index (χ2v) is 6.03. The summed E-state index contributed by atoms with van der Waals surface area (Å²) in [5.74, 6) is 0. The number of hydrogen-bond donors (Lipinski definition) is 2. The lowest BCUT2D eigenvalue weighted by Crippen LogP contribution is -2.51. The smallest absolute Gasteiger partial charge is 0.0610 e. The summed E-state index contributed by atoms with van der Waals surface area (Å²) < 4.78 is 0. The number of nitrogens with zero attached hydrogens (tertiary/aromatic N) is 1. The maximum Gasteiger partial charge on any atom is 0.0610 e. The number of aliphatic hydroxyl groups excluding tert-OH is 1. The zero-order chi connectivity index (χ0) is 14.6. The second kappa shape index (κ2) is 6.71. The molecule has 0 heterocycles. The molecule has 3 nitrogen and oxygen atoms in total. The monoisotopic (exact) mass is 284 g/mol. The summed E-state index contributed by atoms with van der Waals surface area (Å²) in [5, 5.41) is 10.3. The van der Waals surface area contributed by atoms with Crippen LogP contribution in [0.4, 0.5) is 0 Å². The largest absolute Gasteiger partial charge is 0.394 e. The maximum absolute atomic E-state index is 9.57. The minimum absolute atomic E-state index is 0.0131. The van der Waals surface area contributed by atoms with E-state index >= 15 is 0 Å². The number of hydrogen-bond acceptors (Lipinski definition) is 3. The molecule has 0 spiro atoms. The molecule has 3 N–H and O–H groups in total. The third-order valence-electron chi connectivity index (χ3n) is 3.86. The van der Waals surface area contributed by atoms with Crippen LogP contribution >= 0.6 is 11.6 Å². The number of aliphatic hydroxyl groups is 1. The van der Waals surface area contributed by atoms with Crippen LogP contribution in [0.15, 0.2) is 24.3 Å². The van der Waals surface area contributed by atoms with Crippen molar-refractivity contribution in [3.8, 4) is 0 Å². The van der Waals surface area contributed by atoms with Crippen molar-refractivity contribution >= 4 is 11.6 Å². The lowest BCUT2D eigenvalue weighted by Gasteiger charge is -2.42. The molecular formula is C15H25ClN2O. The molecule has 0 aliphatic heterocycles. The van der Waals surface area contributed by atoms with Crippen LogP contribution < -0.4 is 5.73 Å². The van der Waals surface area contributed by atoms with Crippen molar-refractivity contribution in [2.75, 3.05) is 13.7 Å². The normalized spacial score (nSPS) is 15.6. The number of nitrogens with two attached hydrogens (primary N) is 1. The molecule has 0 aliphatic rings. The van der Waals surface area contributed by atoms with E-state index in [1.165, 1.54) is 0 Å². The van der Waals surface area contributed by atoms with Gasteiger partial charge in [0.1, 0.15) is 0 Å². The number of benzene rings is 1. The van der Waals surface area contributed by atoms with E-state index in [0.29, 0.717) is 0 Å². The predicted octanol–water partition coefficient (Wildman–Crippen LogP) is 2.82. The van der Waals surface area contributed by atoms with Gasteiger partial charge in [-0.05, 0) is 38.9 Å². The average molecular weight is 285 g/mol. The van der Waals surface area contributed by atoms with Crippen molar-refractivity contribution in [3.63, 3.8) is 0 Å². The predicted molar refractivity (Wildman–Crippen MR) is 81.4 cm³/mol. The molecule has 0 aromatic heterocycles. The number of halogens is 1. The fourth-order valence-electron chi connectivity index (χ4n) is 2.15. The van der Waals surface area contributed by atoms with Crippen molar-refractivity contribution in [2.45, 2.75) is 44.8 Å². The van der Waals surface area contributed by atoms with Gasteiger partial charge in [-0.1, -0.05) is 36.7 Å². The van der Waals surface area contributed by atoms with Gasteiger partial charge < -0.3 is 10.8 Å². The Morgan fingerprint density at radius 2 is 1.95 bits per heavy atom. The Morgan fingerprint density at radius 3 is 2.42 bits per heavy atom. The molecule has 2 atom stereocenters. The van der Waals surface area contributed by atoms with E-state index in [1.54, 1.807) is 0 Å². The fraction of sp³-hybridized carbons (Fsp3) is 0.600. The van der Waals surface area contributed by atoms with Crippen LogP contribution in [-0.4, -0.2) is 35.2 Å². The van der Waals surface area contributed by atoms with E-state index in [4.69, 9.17) is 17.3 Å². The Balaban J connectivity index is 3.20. The molecule has 0 aliphatic carbocycles. The molecule has 4 heteroatoms. The Kier molecular flexibility index (Phi) is 5.81. The van der Waals surface area contributed by atoms with Gasteiger partial charge in [0.2, 0.25) is 0 Å². The molecule has 19 heavy (non-hydrogen) atoms. The van der Waals surface area contributed by atoms with Crippen LogP contribution in [0.2, 0.25) is 5.02 Å². The summed E-state index contributed by atoms with van der Waals surface area (Å²) in [6.07, 6.45) is 0.849. The average Bonchev–Trinajstić information content (AvgIpc) is 2.40. The highest BCUT2D eigenvalue weighted by Crippen LogP contribution is 2.33. The molecule has 0 radical (unpaired) electrons. The molecule has 0 saturated heterocycles. The van der Waals surface area contributed by atoms with Gasteiger partial charge >= 0.3 is 0 Å². The maximum atomic E-state index is 9.57. The summed E-state index contributed by atoms with van der Waals surface area (Å²) in [6.45, 7) is 6.13. The Morgan fingerprint density at radius 1 is 1.37 bits per heavy atom. The molecule has 0 bridgehead atoms. The summed E-state index contributed by atoms with van der Waals surface area (Å²) in [5.41, 5.74) is 6.95. The first kappa shape index (κ1) is 16.4. The molecule has 1 aromatic carbocycles. The first-order chi connectivity index (χ1) is 8.85. The minimum atomic E-state index is -0.351. The Hall–Kier alpha value is -0.610. The quantitative estimate of drug-likeness (QED) is 0.844.